The fourth-order valence-electron chi connectivity index (χ4n) is 8.57. The smallest absolute Gasteiger partial charge is 0.0660 e. The van der Waals surface area contributed by atoms with Crippen molar-refractivity contribution in [2.75, 3.05) is 34.5 Å². The van der Waals surface area contributed by atoms with Crippen molar-refractivity contribution in [3.05, 3.63) is 144 Å². The highest BCUT2D eigenvalue weighted by Crippen LogP contribution is 2.72. The van der Waals surface area contributed by atoms with Crippen molar-refractivity contribution in [3.8, 4) is 33.4 Å². The maximum absolute atomic E-state index is 2.43. The van der Waals surface area contributed by atoms with Crippen molar-refractivity contribution < 1.29 is 0 Å². The normalized spacial score (nSPS) is 21.8. The van der Waals surface area contributed by atoms with Crippen LogP contribution in [0.25, 0.3) is 50.1 Å². The maximum Gasteiger partial charge on any atom is 0.0660 e. The Morgan fingerprint density at radius 3 is 0.704 bits per heavy atom. The van der Waals surface area contributed by atoms with E-state index in [4.69, 9.17) is 0 Å². The number of fused-ring (bicyclic) bond motifs is 12. The third-order valence-corrected chi connectivity index (χ3v) is 27.9. The van der Waals surface area contributed by atoms with Gasteiger partial charge in [0, 0.05) is 67.9 Å². The van der Waals surface area contributed by atoms with E-state index in [0.717, 1.165) is 0 Å². The van der Waals surface area contributed by atoms with E-state index in [1.54, 1.807) is 0 Å². The molecule has 9 aliphatic rings. The van der Waals surface area contributed by atoms with E-state index in [1.165, 1.54) is 156 Å². The van der Waals surface area contributed by atoms with E-state index in [0.29, 0.717) is 0 Å². The standard InChI is InChI=1S/C42H24S12/c1-4-10-22-19(7-1)25-31(28(22)34-49-37-38(50-34)44-14-13-43-37)26-21-9-3-6-12-24(21)30(36-53-41-42(54-36)48-18-17-47-41)33(26)27-20-8-2-5-11-23(20)29(32(25)27)35-51-39-40(52-35)46-16-15-45-39/h1-12H,13-18H2. The summed E-state index contributed by atoms with van der Waals surface area (Å²) >= 11 is 24.6. The SMILES string of the molecule is c1ccc2c(c1)C(=C1SC3=C(SCCS3)S1)c1c-2c2c(c3c1-c1ccccc1C3=C1SC3=C(SCCS3)S1)-c1ccccc1C2=C1SC2=C(SCCS2)S1. The first-order chi connectivity index (χ1) is 26.8. The lowest BCUT2D eigenvalue weighted by Crippen LogP contribution is -1.98. The summed E-state index contributed by atoms with van der Waals surface area (Å²) < 4.78 is 13.4. The lowest BCUT2D eigenvalue weighted by Gasteiger charge is -2.20. The Balaban J connectivity index is 1.18. The minimum atomic E-state index is 1.20. The molecule has 0 saturated heterocycles. The Bertz CT molecular complexity index is 2300. The minimum absolute atomic E-state index is 1.20. The second-order valence-corrected chi connectivity index (χ2v) is 28.4. The van der Waals surface area contributed by atoms with Crippen LogP contribution in [0.4, 0.5) is 0 Å². The Kier molecular flexibility index (Phi) is 8.61. The van der Waals surface area contributed by atoms with Gasteiger partial charge in [0.05, 0.1) is 38.1 Å². The molecule has 3 aliphatic carbocycles. The van der Waals surface area contributed by atoms with Crippen LogP contribution in [-0.4, -0.2) is 34.5 Å². The molecule has 0 fully saturated rings. The number of hydrogen-bond acceptors (Lipinski definition) is 12. The number of rotatable bonds is 0. The molecule has 12 heteroatoms. The number of hydrogen-bond donors (Lipinski definition) is 0. The maximum atomic E-state index is 2.43. The molecule has 4 aromatic rings. The zero-order chi connectivity index (χ0) is 35.1. The molecule has 0 saturated carbocycles. The van der Waals surface area contributed by atoms with Gasteiger partial charge in [0.1, 0.15) is 0 Å². The van der Waals surface area contributed by atoms with Gasteiger partial charge in [0.15, 0.2) is 0 Å². The van der Waals surface area contributed by atoms with Crippen LogP contribution >= 0.6 is 141 Å². The zero-order valence-corrected chi connectivity index (χ0v) is 37.9. The summed E-state index contributed by atoms with van der Waals surface area (Å²) in [6.45, 7) is 0. The average Bonchev–Trinajstić information content (AvgIpc) is 4.06. The molecular weight excluding hydrogens is 889 g/mol. The Morgan fingerprint density at radius 2 is 0.463 bits per heavy atom. The van der Waals surface area contributed by atoms with Gasteiger partial charge in [-0.15, -0.1) is 70.6 Å². The second-order valence-electron chi connectivity index (χ2n) is 13.3. The molecule has 0 radical (unpaired) electrons. The van der Waals surface area contributed by atoms with Gasteiger partial charge in [0.25, 0.3) is 0 Å². The molecular formula is C42H24S12. The van der Waals surface area contributed by atoms with Gasteiger partial charge in [-0.3, -0.25) is 0 Å². The number of thioether (sulfide) groups is 12. The van der Waals surface area contributed by atoms with Crippen molar-refractivity contribution in [3.63, 3.8) is 0 Å². The molecule has 6 aliphatic heterocycles. The fourth-order valence-corrected chi connectivity index (χ4v) is 26.8. The predicted octanol–water partition coefficient (Wildman–Crippen LogP) is 16.0. The van der Waals surface area contributed by atoms with E-state index in [-0.39, 0.29) is 0 Å². The molecule has 0 N–H and O–H groups in total. The van der Waals surface area contributed by atoms with E-state index in [9.17, 15) is 0 Å². The molecule has 0 atom stereocenters. The quantitative estimate of drug-likeness (QED) is 0.142. The molecule has 4 aromatic carbocycles. The van der Waals surface area contributed by atoms with Crippen LogP contribution in [0.3, 0.4) is 0 Å². The molecule has 0 spiro atoms. The van der Waals surface area contributed by atoms with Crippen LogP contribution in [-0.2, 0) is 0 Å². The third kappa shape index (κ3) is 5.04. The first-order valence-corrected chi connectivity index (χ1v) is 28.5. The second kappa shape index (κ2) is 13.5. The first-order valence-electron chi connectivity index (χ1n) is 17.6. The van der Waals surface area contributed by atoms with Crippen molar-refractivity contribution in [2.24, 2.45) is 0 Å². The highest BCUT2D eigenvalue weighted by molar-refractivity contribution is 8.43. The summed E-state index contributed by atoms with van der Waals surface area (Å²) in [6.07, 6.45) is 0. The van der Waals surface area contributed by atoms with Crippen molar-refractivity contribution in [1.82, 2.24) is 0 Å². The van der Waals surface area contributed by atoms with Gasteiger partial charge in [-0.25, -0.2) is 0 Å². The lowest BCUT2D eigenvalue weighted by atomic mass is 9.84. The molecule has 0 nitrogen and oxygen atoms in total. The highest BCUT2D eigenvalue weighted by Gasteiger charge is 2.46. The van der Waals surface area contributed by atoms with Gasteiger partial charge in [-0.1, -0.05) is 143 Å². The Hall–Kier alpha value is -0.480. The van der Waals surface area contributed by atoms with Crippen LogP contribution in [0.2, 0.25) is 0 Å². The molecule has 0 amide bonds. The van der Waals surface area contributed by atoms with E-state index < -0.39 is 0 Å². The van der Waals surface area contributed by atoms with Crippen LogP contribution in [0.5, 0.6) is 0 Å². The molecule has 0 unspecified atom stereocenters. The Morgan fingerprint density at radius 1 is 0.241 bits per heavy atom. The van der Waals surface area contributed by atoms with E-state index >= 15 is 0 Å². The van der Waals surface area contributed by atoms with Crippen LogP contribution in [0.15, 0.2) is 111 Å². The van der Waals surface area contributed by atoms with E-state index in [1.807, 2.05) is 70.6 Å². The Labute approximate surface area is 365 Å². The third-order valence-electron chi connectivity index (χ3n) is 10.5. The topological polar surface area (TPSA) is 0 Å². The molecule has 264 valence electrons. The van der Waals surface area contributed by atoms with Crippen molar-refractivity contribution in [1.29, 1.82) is 0 Å². The summed E-state index contributed by atoms with van der Waals surface area (Å²) in [4.78, 5) is 0. The van der Waals surface area contributed by atoms with Gasteiger partial charge in [-0.2, -0.15) is 0 Å². The van der Waals surface area contributed by atoms with Crippen LogP contribution in [0, 0.1) is 0 Å². The molecule has 0 aromatic heterocycles. The van der Waals surface area contributed by atoms with E-state index in [2.05, 4.69) is 143 Å². The molecule has 54 heavy (non-hydrogen) atoms. The van der Waals surface area contributed by atoms with Gasteiger partial charge >= 0.3 is 0 Å². The van der Waals surface area contributed by atoms with Crippen LogP contribution < -0.4 is 0 Å². The summed E-state index contributed by atoms with van der Waals surface area (Å²) in [6, 6.07) is 28.2. The van der Waals surface area contributed by atoms with Crippen molar-refractivity contribution >= 4 is 158 Å². The first kappa shape index (κ1) is 34.4. The van der Waals surface area contributed by atoms with Gasteiger partial charge in [0.2, 0.25) is 0 Å². The fraction of sp³-hybridized carbons (Fsp3) is 0.143. The van der Waals surface area contributed by atoms with Crippen LogP contribution in [0.1, 0.15) is 33.4 Å². The lowest BCUT2D eigenvalue weighted by molar-refractivity contribution is 1.56. The molecule has 0 bridgehead atoms. The summed E-state index contributed by atoms with van der Waals surface area (Å²) in [7, 11) is 0. The monoisotopic (exact) mass is 912 g/mol. The predicted molar refractivity (Wildman–Crippen MR) is 262 cm³/mol. The summed E-state index contributed by atoms with van der Waals surface area (Å²) in [5.74, 6) is 7.19. The average molecular weight is 913 g/mol. The van der Waals surface area contributed by atoms with Crippen molar-refractivity contribution in [2.45, 2.75) is 0 Å². The largest absolute Gasteiger partial charge is 0.116 e. The zero-order valence-electron chi connectivity index (χ0n) is 28.1. The highest BCUT2D eigenvalue weighted by atomic mass is 32.3. The summed E-state index contributed by atoms with van der Waals surface area (Å²) in [5.41, 5.74) is 21.5. The summed E-state index contributed by atoms with van der Waals surface area (Å²) in [5, 5.41) is 0. The van der Waals surface area contributed by atoms with Gasteiger partial charge in [-0.05, 0) is 50.1 Å². The van der Waals surface area contributed by atoms with Gasteiger partial charge < -0.3 is 0 Å². The molecule has 6 heterocycles. The number of benzene rings is 4. The molecule has 13 rings (SSSR count). The minimum Gasteiger partial charge on any atom is -0.116 e.